The van der Waals surface area contributed by atoms with E-state index in [9.17, 15) is 4.79 Å². The normalized spacial score (nSPS) is 10.5. The van der Waals surface area contributed by atoms with Gasteiger partial charge in [0, 0.05) is 46.4 Å². The molecule has 0 N–H and O–H groups in total. The molecule has 0 spiro atoms. The van der Waals surface area contributed by atoms with E-state index in [0.717, 1.165) is 32.4 Å². The molecule has 0 bridgehead atoms. The van der Waals surface area contributed by atoms with Crippen LogP contribution in [0.2, 0.25) is 0 Å². The zero-order chi connectivity index (χ0) is 20.3. The summed E-state index contributed by atoms with van der Waals surface area (Å²) in [5.41, 5.74) is 3.31. The summed E-state index contributed by atoms with van der Waals surface area (Å²) in [4.78, 5) is 21.8. The van der Waals surface area contributed by atoms with Gasteiger partial charge in [-0.3, -0.25) is 14.8 Å². The van der Waals surface area contributed by atoms with Crippen LogP contribution < -0.4 is 5.56 Å². The lowest BCUT2D eigenvalue weighted by molar-refractivity contribution is 0.580. The van der Waals surface area contributed by atoms with Crippen molar-refractivity contribution in [3.8, 4) is 11.8 Å². The molecule has 0 unspecified atom stereocenters. The molecular formula is C24H17ClN4OS. The maximum absolute atomic E-state index is 13.1. The van der Waals surface area contributed by atoms with Crippen LogP contribution in [0.3, 0.4) is 0 Å². The number of pyridine rings is 2. The first-order valence-corrected chi connectivity index (χ1v) is 10.4. The van der Waals surface area contributed by atoms with Gasteiger partial charge in [0.05, 0.1) is 28.3 Å². The molecule has 0 radical (unpaired) electrons. The Bertz CT molecular complexity index is 1480. The number of halogens is 1. The summed E-state index contributed by atoms with van der Waals surface area (Å²) in [7, 11) is 0. The van der Waals surface area contributed by atoms with Crippen LogP contribution in [0.4, 0.5) is 0 Å². The first kappa shape index (κ1) is 20.7. The molecule has 152 valence electrons. The van der Waals surface area contributed by atoms with Gasteiger partial charge in [-0.15, -0.1) is 23.7 Å². The first-order valence-electron chi connectivity index (χ1n) is 9.52. The van der Waals surface area contributed by atoms with Crippen molar-refractivity contribution < 1.29 is 0 Å². The van der Waals surface area contributed by atoms with Gasteiger partial charge in [-0.25, -0.2) is 4.68 Å². The Kier molecular flexibility index (Phi) is 6.08. The summed E-state index contributed by atoms with van der Waals surface area (Å²) in [6, 6.07) is 15.8. The highest BCUT2D eigenvalue weighted by Gasteiger charge is 2.10. The summed E-state index contributed by atoms with van der Waals surface area (Å²) in [6.07, 6.45) is 5.78. The van der Waals surface area contributed by atoms with E-state index in [1.807, 2.05) is 47.8 Å². The predicted molar refractivity (Wildman–Crippen MR) is 127 cm³/mol. The summed E-state index contributed by atoms with van der Waals surface area (Å²) >= 11 is 1.48. The number of aryl methyl sites for hydroxylation is 2. The topological polar surface area (TPSA) is 60.7 Å². The fourth-order valence-corrected chi connectivity index (χ4v) is 4.13. The van der Waals surface area contributed by atoms with E-state index < -0.39 is 0 Å². The van der Waals surface area contributed by atoms with Crippen LogP contribution in [0.5, 0.6) is 0 Å². The number of thiophene rings is 1. The summed E-state index contributed by atoms with van der Waals surface area (Å²) < 4.78 is 2.34. The summed E-state index contributed by atoms with van der Waals surface area (Å²) in [5, 5.41) is 7.98. The Balaban J connectivity index is 0.00000231. The van der Waals surface area contributed by atoms with Crippen molar-refractivity contribution in [3.05, 3.63) is 99.7 Å². The van der Waals surface area contributed by atoms with Gasteiger partial charge in [-0.05, 0) is 24.3 Å². The fraction of sp³-hybridized carbons (Fsp3) is 0.0833. The maximum Gasteiger partial charge on any atom is 0.276 e. The van der Waals surface area contributed by atoms with Crippen molar-refractivity contribution in [2.75, 3.05) is 0 Å². The number of rotatable bonds is 3. The van der Waals surface area contributed by atoms with Crippen molar-refractivity contribution in [1.29, 1.82) is 0 Å². The van der Waals surface area contributed by atoms with Crippen LogP contribution in [0.15, 0.2) is 77.3 Å². The van der Waals surface area contributed by atoms with E-state index in [0.29, 0.717) is 18.4 Å². The van der Waals surface area contributed by atoms with E-state index in [-0.39, 0.29) is 18.0 Å². The quantitative estimate of drug-likeness (QED) is 0.385. The fourth-order valence-electron chi connectivity index (χ4n) is 3.29. The van der Waals surface area contributed by atoms with E-state index in [1.54, 1.807) is 18.6 Å². The monoisotopic (exact) mass is 444 g/mol. The third-order valence-corrected chi connectivity index (χ3v) is 5.74. The van der Waals surface area contributed by atoms with Crippen LogP contribution in [-0.2, 0) is 13.0 Å². The van der Waals surface area contributed by atoms with Crippen LogP contribution in [-0.4, -0.2) is 19.7 Å². The molecule has 0 fully saturated rings. The van der Waals surface area contributed by atoms with Crippen LogP contribution in [0.25, 0.3) is 21.0 Å². The van der Waals surface area contributed by atoms with Gasteiger partial charge >= 0.3 is 0 Å². The molecule has 0 saturated heterocycles. The molecule has 5 aromatic rings. The molecule has 0 atom stereocenters. The Hall–Kier alpha value is -3.53. The summed E-state index contributed by atoms with van der Waals surface area (Å²) in [5.74, 6) is 6.19. The van der Waals surface area contributed by atoms with Gasteiger partial charge in [0.1, 0.15) is 0 Å². The van der Waals surface area contributed by atoms with Gasteiger partial charge in [-0.1, -0.05) is 36.1 Å². The Labute approximate surface area is 188 Å². The minimum atomic E-state index is -0.120. The maximum atomic E-state index is 13.1. The smallest absolute Gasteiger partial charge is 0.267 e. The Morgan fingerprint density at radius 1 is 1.00 bits per heavy atom. The molecule has 0 amide bonds. The van der Waals surface area contributed by atoms with E-state index in [4.69, 9.17) is 0 Å². The lowest BCUT2D eigenvalue weighted by Crippen LogP contribution is -2.23. The van der Waals surface area contributed by atoms with E-state index >= 15 is 0 Å². The minimum Gasteiger partial charge on any atom is -0.267 e. The lowest BCUT2D eigenvalue weighted by atomic mass is 10.2. The zero-order valence-electron chi connectivity index (χ0n) is 16.4. The number of nitrogens with zero attached hydrogens (tertiary/aromatic N) is 4. The Morgan fingerprint density at radius 3 is 2.77 bits per heavy atom. The number of para-hydroxylation sites is 1. The highest BCUT2D eigenvalue weighted by atomic mass is 35.5. The van der Waals surface area contributed by atoms with Crippen LogP contribution >= 0.6 is 23.7 Å². The molecule has 4 heterocycles. The molecule has 4 aromatic heterocycles. The molecule has 0 aliphatic carbocycles. The Morgan fingerprint density at radius 2 is 1.90 bits per heavy atom. The van der Waals surface area contributed by atoms with Gasteiger partial charge < -0.3 is 0 Å². The predicted octanol–water partition coefficient (Wildman–Crippen LogP) is 4.47. The van der Waals surface area contributed by atoms with Gasteiger partial charge in [-0.2, -0.15) is 5.10 Å². The van der Waals surface area contributed by atoms with Gasteiger partial charge in [0.2, 0.25) is 0 Å². The number of hydrogen-bond acceptors (Lipinski definition) is 5. The van der Waals surface area contributed by atoms with Crippen molar-refractivity contribution >= 4 is 44.7 Å². The third-order valence-electron chi connectivity index (χ3n) is 4.82. The van der Waals surface area contributed by atoms with E-state index in [1.165, 1.54) is 16.0 Å². The molecule has 5 nitrogen and oxygen atoms in total. The number of hydrogen-bond donors (Lipinski definition) is 0. The zero-order valence-corrected chi connectivity index (χ0v) is 18.0. The SMILES string of the molecule is Cl.O=c1c2c(C#Cc3cccnc3)csc2cnn1CCc1ccc2ccccc2n1. The highest BCUT2D eigenvalue weighted by Crippen LogP contribution is 2.21. The van der Waals surface area contributed by atoms with Gasteiger partial charge in [0.15, 0.2) is 0 Å². The second-order valence-corrected chi connectivity index (χ2v) is 7.71. The van der Waals surface area contributed by atoms with Crippen LogP contribution in [0.1, 0.15) is 16.8 Å². The minimum absolute atomic E-state index is 0. The van der Waals surface area contributed by atoms with Crippen molar-refractivity contribution in [1.82, 2.24) is 19.7 Å². The standard InChI is InChI=1S/C24H16N4OS.ClH/c29-24-23-19(8-7-17-4-3-12-25-14-17)16-30-22(23)15-26-28(24)13-11-20-10-9-18-5-1-2-6-21(18)27-20;/h1-6,9-10,12,14-16H,11,13H2;1H. The first-order chi connectivity index (χ1) is 14.8. The average Bonchev–Trinajstić information content (AvgIpc) is 3.22. The van der Waals surface area contributed by atoms with Crippen molar-refractivity contribution in [3.63, 3.8) is 0 Å². The number of benzene rings is 1. The molecule has 0 aliphatic heterocycles. The molecule has 5 rings (SSSR count). The van der Waals surface area contributed by atoms with Crippen molar-refractivity contribution in [2.24, 2.45) is 0 Å². The van der Waals surface area contributed by atoms with Gasteiger partial charge in [0.25, 0.3) is 5.56 Å². The molecular weight excluding hydrogens is 428 g/mol. The third kappa shape index (κ3) is 4.33. The molecule has 7 heteroatoms. The lowest BCUT2D eigenvalue weighted by Gasteiger charge is -2.06. The molecule has 0 aliphatic rings. The van der Waals surface area contributed by atoms with Crippen molar-refractivity contribution in [2.45, 2.75) is 13.0 Å². The molecule has 1 aromatic carbocycles. The van der Waals surface area contributed by atoms with E-state index in [2.05, 4.69) is 33.0 Å². The molecule has 31 heavy (non-hydrogen) atoms. The second kappa shape index (κ2) is 9.09. The molecule has 0 saturated carbocycles. The largest absolute Gasteiger partial charge is 0.276 e. The summed E-state index contributed by atoms with van der Waals surface area (Å²) in [6.45, 7) is 0.464. The average molecular weight is 445 g/mol. The highest BCUT2D eigenvalue weighted by molar-refractivity contribution is 7.17. The second-order valence-electron chi connectivity index (χ2n) is 6.80. The van der Waals surface area contributed by atoms with Crippen LogP contribution in [0, 0.1) is 11.8 Å². The number of fused-ring (bicyclic) bond motifs is 2. The number of aromatic nitrogens is 4.